The highest BCUT2D eigenvalue weighted by Crippen LogP contribution is 2.34. The largest absolute Gasteiger partial charge is 0.463 e. The van der Waals surface area contributed by atoms with Gasteiger partial charge in [0, 0.05) is 41.2 Å². The molecule has 0 spiro atoms. The molecule has 0 aliphatic carbocycles. The minimum Gasteiger partial charge on any atom is -0.463 e. The van der Waals surface area contributed by atoms with Crippen LogP contribution in [-0.4, -0.2) is 134 Å². The van der Waals surface area contributed by atoms with Gasteiger partial charge in [-0.3, -0.25) is 24.0 Å². The molecule has 0 aromatic heterocycles. The van der Waals surface area contributed by atoms with Crippen molar-refractivity contribution in [1.29, 1.82) is 0 Å². The molecule has 0 bridgehead atoms. The summed E-state index contributed by atoms with van der Waals surface area (Å²) in [5.41, 5.74) is 0.763. The third-order valence-corrected chi connectivity index (χ3v) is 7.21. The Hall–Kier alpha value is -4.40. The number of hydrogen-bond acceptors (Lipinski definition) is 18. The zero-order chi connectivity index (χ0) is 37.7. The van der Waals surface area contributed by atoms with Crippen LogP contribution >= 0.6 is 0 Å². The Morgan fingerprint density at radius 2 is 1.24 bits per heavy atom. The Kier molecular flexibility index (Phi) is 16.0. The van der Waals surface area contributed by atoms with Crippen LogP contribution in [0.25, 0.3) is 0 Å². The number of amides is 1. The molecule has 0 saturated carbocycles. The van der Waals surface area contributed by atoms with Gasteiger partial charge < -0.3 is 62.9 Å². The lowest BCUT2D eigenvalue weighted by atomic mass is 9.96. The van der Waals surface area contributed by atoms with Crippen molar-refractivity contribution in [3.05, 3.63) is 35.9 Å². The van der Waals surface area contributed by atoms with Crippen molar-refractivity contribution < 1.29 is 86.3 Å². The molecule has 10 atom stereocenters. The normalized spacial score (nSPS) is 28.8. The Labute approximate surface area is 292 Å². The fraction of sp³-hybridized carbons (Fsp3) is 0.625. The van der Waals surface area contributed by atoms with Gasteiger partial charge in [-0.1, -0.05) is 30.3 Å². The molecule has 2 aliphatic rings. The van der Waals surface area contributed by atoms with Crippen LogP contribution in [-0.2, 0) is 77.9 Å². The van der Waals surface area contributed by atoms with E-state index >= 15 is 0 Å². The number of hydrogen-bond donors (Lipinski definition) is 3. The average molecular weight is 730 g/mol. The van der Waals surface area contributed by atoms with Crippen LogP contribution in [0.3, 0.4) is 0 Å². The quantitative estimate of drug-likeness (QED) is 0.116. The van der Waals surface area contributed by atoms with Crippen molar-refractivity contribution >= 4 is 35.9 Å². The molecule has 0 radical (unpaired) electrons. The summed E-state index contributed by atoms with van der Waals surface area (Å²) in [6.45, 7) is 3.56. The zero-order valence-electron chi connectivity index (χ0n) is 28.6. The Bertz CT molecular complexity index is 1340. The predicted molar refractivity (Wildman–Crippen MR) is 165 cm³/mol. The van der Waals surface area contributed by atoms with Crippen LogP contribution < -0.4 is 5.32 Å². The van der Waals surface area contributed by atoms with Crippen LogP contribution in [0.2, 0.25) is 0 Å². The van der Waals surface area contributed by atoms with Gasteiger partial charge in [-0.25, -0.2) is 4.79 Å². The topological polar surface area (TPSA) is 247 Å². The van der Waals surface area contributed by atoms with Crippen molar-refractivity contribution in [3.63, 3.8) is 0 Å². The minimum absolute atomic E-state index is 0.0136. The summed E-state index contributed by atoms with van der Waals surface area (Å²) >= 11 is 0. The van der Waals surface area contributed by atoms with Gasteiger partial charge in [0.2, 0.25) is 0 Å². The van der Waals surface area contributed by atoms with Gasteiger partial charge in [0.25, 0.3) is 0 Å². The number of carbonyl (C=O) groups is 6. The first-order valence-electron chi connectivity index (χ1n) is 15.8. The average Bonchev–Trinajstić information content (AvgIpc) is 3.05. The van der Waals surface area contributed by atoms with E-state index in [4.69, 9.17) is 47.4 Å². The van der Waals surface area contributed by atoms with E-state index in [9.17, 15) is 39.0 Å². The maximum atomic E-state index is 12.4. The monoisotopic (exact) mass is 729 g/mol. The molecule has 3 N–H and O–H groups in total. The van der Waals surface area contributed by atoms with Crippen LogP contribution in [0.5, 0.6) is 0 Å². The molecule has 2 fully saturated rings. The van der Waals surface area contributed by atoms with Gasteiger partial charge in [0.1, 0.15) is 37.6 Å². The van der Waals surface area contributed by atoms with Gasteiger partial charge in [-0.15, -0.1) is 0 Å². The molecule has 19 heteroatoms. The van der Waals surface area contributed by atoms with Crippen LogP contribution in [0.15, 0.2) is 30.3 Å². The van der Waals surface area contributed by atoms with Gasteiger partial charge in [-0.2, -0.15) is 0 Å². The summed E-state index contributed by atoms with van der Waals surface area (Å²) in [4.78, 5) is 72.8. The van der Waals surface area contributed by atoms with Crippen molar-refractivity contribution in [2.45, 2.75) is 103 Å². The Balaban J connectivity index is 1.89. The van der Waals surface area contributed by atoms with Crippen LogP contribution in [0.4, 0.5) is 4.79 Å². The van der Waals surface area contributed by atoms with Gasteiger partial charge in [0.15, 0.2) is 37.0 Å². The van der Waals surface area contributed by atoms with E-state index in [2.05, 4.69) is 5.32 Å². The molecule has 3 rings (SSSR count). The number of aliphatic hydroxyl groups is 2. The fourth-order valence-electron chi connectivity index (χ4n) is 5.20. The fourth-order valence-corrected chi connectivity index (χ4v) is 5.20. The van der Waals surface area contributed by atoms with E-state index < -0.39 is 111 Å². The molecule has 2 heterocycles. The first-order chi connectivity index (χ1) is 24.2. The van der Waals surface area contributed by atoms with Gasteiger partial charge >= 0.3 is 35.9 Å². The number of nitrogens with one attached hydrogen (secondary N) is 1. The number of alkyl carbamates (subject to hydrolysis) is 1. The van der Waals surface area contributed by atoms with Crippen molar-refractivity contribution in [2.24, 2.45) is 0 Å². The SMILES string of the molecule is CC(=O)OC[C@H]1O[C@@H](OCCNC(=O)OCc2ccccc2)[C@H](OC(C)=O)[C@@H](OC(C)=O)[C@@H]1O[C@@H]1O[C@H](CO)[C@H](O)[C@H](OC(C)=O)[C@H]1OC(C)=O. The highest BCUT2D eigenvalue weighted by Gasteiger charge is 2.56. The van der Waals surface area contributed by atoms with E-state index in [1.54, 1.807) is 24.3 Å². The molecule has 284 valence electrons. The summed E-state index contributed by atoms with van der Waals surface area (Å²) < 4.78 is 55.6. The van der Waals surface area contributed by atoms with Crippen molar-refractivity contribution in [2.75, 3.05) is 26.4 Å². The maximum absolute atomic E-state index is 12.4. The van der Waals surface area contributed by atoms with E-state index in [0.717, 1.165) is 40.2 Å². The summed E-state index contributed by atoms with van der Waals surface area (Å²) in [6.07, 6.45) is -16.5. The Morgan fingerprint density at radius 1 is 0.686 bits per heavy atom. The third-order valence-electron chi connectivity index (χ3n) is 7.21. The van der Waals surface area contributed by atoms with E-state index in [1.165, 1.54) is 0 Å². The molecule has 19 nitrogen and oxygen atoms in total. The molecule has 0 unspecified atom stereocenters. The second kappa shape index (κ2) is 19.8. The number of aliphatic hydroxyl groups excluding tert-OH is 2. The lowest BCUT2D eigenvalue weighted by Gasteiger charge is -2.48. The zero-order valence-corrected chi connectivity index (χ0v) is 28.6. The standard InChI is InChI=1S/C32H43NO18/c1-16(35)43-15-23-25(51-31-28(47-19(4)38)26(45-17(2)36)24(40)22(13-34)49-31)27(46-18(3)37)29(48-20(5)39)30(50-23)42-12-11-33-32(41)44-14-21-9-7-6-8-10-21/h6-10,22-31,34,40H,11-15H2,1-5H3,(H,33,41)/t22-,23-,24+,25-,26+,27+,28-,29-,30-,31+/m1/s1. The number of esters is 5. The molecular formula is C32H43NO18. The number of benzene rings is 1. The molecular weight excluding hydrogens is 686 g/mol. The molecule has 51 heavy (non-hydrogen) atoms. The number of rotatable bonds is 15. The van der Waals surface area contributed by atoms with Crippen LogP contribution in [0, 0.1) is 0 Å². The minimum atomic E-state index is -1.76. The third kappa shape index (κ3) is 12.7. The molecule has 1 amide bonds. The van der Waals surface area contributed by atoms with Crippen molar-refractivity contribution in [3.8, 4) is 0 Å². The summed E-state index contributed by atoms with van der Waals surface area (Å²) in [7, 11) is 0. The first kappa shape index (κ1) is 41.0. The summed E-state index contributed by atoms with van der Waals surface area (Å²) in [6, 6.07) is 8.95. The van der Waals surface area contributed by atoms with Crippen LogP contribution in [0.1, 0.15) is 40.2 Å². The smallest absolute Gasteiger partial charge is 0.407 e. The highest BCUT2D eigenvalue weighted by molar-refractivity contribution is 5.68. The molecule has 1 aromatic carbocycles. The van der Waals surface area contributed by atoms with Gasteiger partial charge in [-0.05, 0) is 5.56 Å². The van der Waals surface area contributed by atoms with Crippen molar-refractivity contribution in [1.82, 2.24) is 5.32 Å². The van der Waals surface area contributed by atoms with E-state index in [0.29, 0.717) is 0 Å². The lowest BCUT2D eigenvalue weighted by molar-refractivity contribution is -0.360. The van der Waals surface area contributed by atoms with E-state index in [1.807, 2.05) is 6.07 Å². The summed E-state index contributed by atoms with van der Waals surface area (Å²) in [5.74, 6) is -4.28. The first-order valence-corrected chi connectivity index (χ1v) is 15.8. The van der Waals surface area contributed by atoms with Gasteiger partial charge in [0.05, 0.1) is 13.2 Å². The lowest BCUT2D eigenvalue weighted by Crippen LogP contribution is -2.67. The molecule has 1 aromatic rings. The highest BCUT2D eigenvalue weighted by atomic mass is 16.8. The maximum Gasteiger partial charge on any atom is 0.407 e. The number of ether oxygens (including phenoxy) is 10. The predicted octanol–water partition coefficient (Wildman–Crippen LogP) is -0.592. The Morgan fingerprint density at radius 3 is 1.80 bits per heavy atom. The molecule has 2 aliphatic heterocycles. The summed E-state index contributed by atoms with van der Waals surface area (Å²) in [5, 5.41) is 23.2. The molecule has 2 saturated heterocycles. The second-order valence-electron chi connectivity index (χ2n) is 11.3. The number of carbonyl (C=O) groups excluding carboxylic acids is 6. The van der Waals surface area contributed by atoms with E-state index in [-0.39, 0.29) is 19.8 Å². The second-order valence-corrected chi connectivity index (χ2v) is 11.3.